The minimum Gasteiger partial charge on any atom is -0.336 e. The zero-order chi connectivity index (χ0) is 12.1. The van der Waals surface area contributed by atoms with Gasteiger partial charge in [0, 0.05) is 31.0 Å². The molecule has 1 aromatic heterocycles. The van der Waals surface area contributed by atoms with E-state index in [4.69, 9.17) is 0 Å². The first kappa shape index (κ1) is 11.8. The third kappa shape index (κ3) is 2.90. The fraction of sp³-hybridized carbons (Fsp3) is 0.462. The number of carbonyl (C=O) groups is 2. The van der Waals surface area contributed by atoms with E-state index in [2.05, 4.69) is 4.98 Å². The van der Waals surface area contributed by atoms with Crippen LogP contribution in [-0.2, 0) is 4.79 Å². The lowest BCUT2D eigenvalue weighted by Gasteiger charge is -2.18. The van der Waals surface area contributed by atoms with Crippen molar-refractivity contribution in [3.63, 3.8) is 0 Å². The Balaban J connectivity index is 2.06. The summed E-state index contributed by atoms with van der Waals surface area (Å²) < 4.78 is 0. The number of pyridine rings is 1. The quantitative estimate of drug-likeness (QED) is 0.575. The third-order valence-electron chi connectivity index (χ3n) is 3.01. The Bertz CT molecular complexity index is 395. The van der Waals surface area contributed by atoms with Crippen LogP contribution in [-0.4, -0.2) is 34.7 Å². The number of hydrogen-bond acceptors (Lipinski definition) is 3. The van der Waals surface area contributed by atoms with Gasteiger partial charge in [0.25, 0.3) is 11.7 Å². The van der Waals surface area contributed by atoms with Crippen LogP contribution in [0.5, 0.6) is 0 Å². The molecular formula is C13H16N2O2. The molecule has 0 spiro atoms. The van der Waals surface area contributed by atoms with E-state index in [0.29, 0.717) is 18.7 Å². The monoisotopic (exact) mass is 232 g/mol. The molecule has 1 fully saturated rings. The smallest absolute Gasteiger partial charge is 0.295 e. The molecule has 1 aliphatic heterocycles. The summed E-state index contributed by atoms with van der Waals surface area (Å²) in [6.07, 6.45) is 7.30. The maximum absolute atomic E-state index is 12.0. The molecule has 1 aliphatic rings. The zero-order valence-electron chi connectivity index (χ0n) is 9.76. The molecule has 1 aromatic rings. The Morgan fingerprint density at radius 3 is 2.41 bits per heavy atom. The largest absolute Gasteiger partial charge is 0.336 e. The van der Waals surface area contributed by atoms with Crippen molar-refractivity contribution in [2.45, 2.75) is 25.7 Å². The number of nitrogens with zero attached hydrogens (tertiary/aromatic N) is 2. The molecule has 1 saturated heterocycles. The molecule has 2 heterocycles. The van der Waals surface area contributed by atoms with E-state index in [1.54, 1.807) is 23.2 Å². The first-order valence-electron chi connectivity index (χ1n) is 6.02. The average Bonchev–Trinajstić information content (AvgIpc) is 2.67. The molecule has 0 bridgehead atoms. The Hall–Kier alpha value is -1.71. The lowest BCUT2D eigenvalue weighted by atomic mass is 10.1. The summed E-state index contributed by atoms with van der Waals surface area (Å²) in [5, 5.41) is 0. The predicted octanol–water partition coefficient (Wildman–Crippen LogP) is 1.67. The van der Waals surface area contributed by atoms with Crippen molar-refractivity contribution in [2.24, 2.45) is 0 Å². The summed E-state index contributed by atoms with van der Waals surface area (Å²) in [7, 11) is 0. The number of rotatable bonds is 2. The molecule has 90 valence electrons. The number of likely N-dealkylation sites (tertiary alicyclic amines) is 1. The van der Waals surface area contributed by atoms with Crippen LogP contribution in [0.25, 0.3) is 0 Å². The standard InChI is InChI=1S/C13H16N2O2/c16-12(11-6-5-7-14-10-11)13(17)15-8-3-1-2-4-9-15/h5-7,10H,1-4,8-9H2. The second-order valence-electron chi connectivity index (χ2n) is 4.28. The van der Waals surface area contributed by atoms with Gasteiger partial charge in [0.2, 0.25) is 0 Å². The predicted molar refractivity (Wildman–Crippen MR) is 63.6 cm³/mol. The van der Waals surface area contributed by atoms with Crippen LogP contribution in [0, 0.1) is 0 Å². The molecule has 2 rings (SSSR count). The highest BCUT2D eigenvalue weighted by atomic mass is 16.2. The summed E-state index contributed by atoms with van der Waals surface area (Å²) in [5.74, 6) is -0.833. The van der Waals surface area contributed by atoms with E-state index in [0.717, 1.165) is 25.7 Å². The van der Waals surface area contributed by atoms with Gasteiger partial charge in [-0.3, -0.25) is 14.6 Å². The van der Waals surface area contributed by atoms with Gasteiger partial charge in [-0.05, 0) is 25.0 Å². The van der Waals surface area contributed by atoms with Crippen molar-refractivity contribution in [3.8, 4) is 0 Å². The normalized spacial score (nSPS) is 16.4. The average molecular weight is 232 g/mol. The minimum atomic E-state index is -0.444. The van der Waals surface area contributed by atoms with Gasteiger partial charge in [-0.15, -0.1) is 0 Å². The van der Waals surface area contributed by atoms with E-state index in [1.807, 2.05) is 0 Å². The highest BCUT2D eigenvalue weighted by molar-refractivity contribution is 6.42. The van der Waals surface area contributed by atoms with Crippen molar-refractivity contribution in [1.29, 1.82) is 0 Å². The molecule has 0 N–H and O–H groups in total. The number of amides is 1. The van der Waals surface area contributed by atoms with Gasteiger partial charge in [-0.1, -0.05) is 12.8 Å². The molecule has 0 aliphatic carbocycles. The van der Waals surface area contributed by atoms with Crippen LogP contribution in [0.3, 0.4) is 0 Å². The number of Topliss-reactive ketones (excluding diaryl/α,β-unsaturated/α-hetero) is 1. The summed E-state index contributed by atoms with van der Waals surface area (Å²) in [6, 6.07) is 3.30. The van der Waals surface area contributed by atoms with Crippen LogP contribution in [0.2, 0.25) is 0 Å². The molecule has 0 unspecified atom stereocenters. The van der Waals surface area contributed by atoms with E-state index >= 15 is 0 Å². The minimum absolute atomic E-state index is 0.377. The Labute approximate surface area is 101 Å². The first-order valence-corrected chi connectivity index (χ1v) is 6.02. The third-order valence-corrected chi connectivity index (χ3v) is 3.01. The first-order chi connectivity index (χ1) is 8.29. The van der Waals surface area contributed by atoms with Crippen LogP contribution in [0.1, 0.15) is 36.0 Å². The van der Waals surface area contributed by atoms with E-state index in [1.165, 1.54) is 6.20 Å². The van der Waals surface area contributed by atoms with Crippen molar-refractivity contribution in [3.05, 3.63) is 30.1 Å². The van der Waals surface area contributed by atoms with Crippen LogP contribution < -0.4 is 0 Å². The van der Waals surface area contributed by atoms with Crippen LogP contribution >= 0.6 is 0 Å². The van der Waals surface area contributed by atoms with Crippen LogP contribution in [0.4, 0.5) is 0 Å². The topological polar surface area (TPSA) is 50.3 Å². The van der Waals surface area contributed by atoms with Gasteiger partial charge < -0.3 is 4.90 Å². The van der Waals surface area contributed by atoms with E-state index in [-0.39, 0.29) is 5.91 Å². The maximum Gasteiger partial charge on any atom is 0.295 e. The SMILES string of the molecule is O=C(C(=O)N1CCCCCC1)c1cccnc1. The summed E-state index contributed by atoms with van der Waals surface area (Å²) in [4.78, 5) is 29.5. The van der Waals surface area contributed by atoms with Gasteiger partial charge in [0.15, 0.2) is 0 Å². The highest BCUT2D eigenvalue weighted by Gasteiger charge is 2.23. The molecule has 4 nitrogen and oxygen atoms in total. The number of ketones is 1. The maximum atomic E-state index is 12.0. The lowest BCUT2D eigenvalue weighted by Crippen LogP contribution is -2.37. The molecular weight excluding hydrogens is 216 g/mol. The molecule has 1 amide bonds. The zero-order valence-corrected chi connectivity index (χ0v) is 9.76. The number of carbonyl (C=O) groups excluding carboxylic acids is 2. The Morgan fingerprint density at radius 1 is 1.12 bits per heavy atom. The molecule has 4 heteroatoms. The number of hydrogen-bond donors (Lipinski definition) is 0. The lowest BCUT2D eigenvalue weighted by molar-refractivity contribution is -0.126. The molecule has 0 radical (unpaired) electrons. The Morgan fingerprint density at radius 2 is 1.82 bits per heavy atom. The van der Waals surface area contributed by atoms with Gasteiger partial charge >= 0.3 is 0 Å². The Kier molecular flexibility index (Phi) is 3.85. The van der Waals surface area contributed by atoms with Gasteiger partial charge in [0.1, 0.15) is 0 Å². The van der Waals surface area contributed by atoms with E-state index in [9.17, 15) is 9.59 Å². The fourth-order valence-corrected chi connectivity index (χ4v) is 2.04. The van der Waals surface area contributed by atoms with Gasteiger partial charge in [-0.2, -0.15) is 0 Å². The van der Waals surface area contributed by atoms with Crippen LogP contribution in [0.15, 0.2) is 24.5 Å². The second kappa shape index (κ2) is 5.57. The van der Waals surface area contributed by atoms with Crippen molar-refractivity contribution >= 4 is 11.7 Å². The second-order valence-corrected chi connectivity index (χ2v) is 4.28. The van der Waals surface area contributed by atoms with E-state index < -0.39 is 5.78 Å². The van der Waals surface area contributed by atoms with Gasteiger partial charge in [-0.25, -0.2) is 0 Å². The molecule has 17 heavy (non-hydrogen) atoms. The van der Waals surface area contributed by atoms with Crippen molar-refractivity contribution in [2.75, 3.05) is 13.1 Å². The number of aromatic nitrogens is 1. The molecule has 0 saturated carbocycles. The highest BCUT2D eigenvalue weighted by Crippen LogP contribution is 2.11. The molecule has 0 atom stereocenters. The van der Waals surface area contributed by atoms with Gasteiger partial charge in [0.05, 0.1) is 0 Å². The fourth-order valence-electron chi connectivity index (χ4n) is 2.04. The summed E-state index contributed by atoms with van der Waals surface area (Å²) in [6.45, 7) is 1.40. The summed E-state index contributed by atoms with van der Waals surface area (Å²) >= 11 is 0. The van der Waals surface area contributed by atoms with Crippen molar-refractivity contribution in [1.82, 2.24) is 9.88 Å². The molecule has 0 aromatic carbocycles. The van der Waals surface area contributed by atoms with Crippen molar-refractivity contribution < 1.29 is 9.59 Å². The summed E-state index contributed by atoms with van der Waals surface area (Å²) in [5.41, 5.74) is 0.377.